The first-order valence-electron chi connectivity index (χ1n) is 8.51. The van der Waals surface area contributed by atoms with Crippen molar-refractivity contribution in [1.29, 1.82) is 0 Å². The maximum Gasteiger partial charge on any atom is 0.184 e. The third-order valence-electron chi connectivity index (χ3n) is 4.35. The Balaban J connectivity index is 1.56. The maximum atomic E-state index is 6.38. The van der Waals surface area contributed by atoms with E-state index in [-0.39, 0.29) is 5.11 Å². The van der Waals surface area contributed by atoms with E-state index in [1.54, 1.807) is 6.21 Å². The molecule has 136 valence electrons. The van der Waals surface area contributed by atoms with E-state index in [4.69, 9.17) is 29.6 Å². The van der Waals surface area contributed by atoms with Gasteiger partial charge in [-0.25, -0.2) is 0 Å². The van der Waals surface area contributed by atoms with Crippen molar-refractivity contribution in [1.82, 2.24) is 10.3 Å². The van der Waals surface area contributed by atoms with Gasteiger partial charge in [0, 0.05) is 44.0 Å². The Bertz CT molecular complexity index is 773. The van der Waals surface area contributed by atoms with Gasteiger partial charge in [0.05, 0.1) is 11.2 Å². The zero-order valence-electron chi connectivity index (χ0n) is 14.4. The van der Waals surface area contributed by atoms with Gasteiger partial charge in [0.1, 0.15) is 0 Å². The molecule has 0 saturated carbocycles. The Morgan fingerprint density at radius 3 is 2.54 bits per heavy atom. The standard InChI is InChI=1S/C19H22ClN5S/c20-18-12-17(7-6-16(18)13-22-23-19(21)26)25-10-8-24(9-11-25)14-15-4-2-1-3-5-15/h1-7,12-13H,8-11,14H2,(H3,21,23,26). The second-order valence-electron chi connectivity index (χ2n) is 6.19. The molecule has 0 bridgehead atoms. The number of nitrogens with zero attached hydrogens (tertiary/aromatic N) is 3. The van der Waals surface area contributed by atoms with Crippen LogP contribution in [0.2, 0.25) is 5.02 Å². The number of thiocarbonyl (C=S) groups is 1. The minimum Gasteiger partial charge on any atom is -0.375 e. The molecule has 1 aliphatic rings. The molecule has 2 aromatic carbocycles. The van der Waals surface area contributed by atoms with Gasteiger partial charge in [-0.3, -0.25) is 10.3 Å². The molecule has 26 heavy (non-hydrogen) atoms. The summed E-state index contributed by atoms with van der Waals surface area (Å²) in [6, 6.07) is 16.6. The van der Waals surface area contributed by atoms with Crippen LogP contribution >= 0.6 is 23.8 Å². The Labute approximate surface area is 164 Å². The Hall–Kier alpha value is -2.15. The van der Waals surface area contributed by atoms with Crippen LogP contribution in [0.25, 0.3) is 0 Å². The van der Waals surface area contributed by atoms with Gasteiger partial charge in [0.2, 0.25) is 0 Å². The molecule has 1 saturated heterocycles. The van der Waals surface area contributed by atoms with E-state index in [9.17, 15) is 0 Å². The van der Waals surface area contributed by atoms with Crippen molar-refractivity contribution >= 4 is 40.8 Å². The fraction of sp³-hybridized carbons (Fsp3) is 0.263. The number of benzene rings is 2. The molecule has 3 N–H and O–H groups in total. The number of hydrogen-bond acceptors (Lipinski definition) is 4. The van der Waals surface area contributed by atoms with Crippen LogP contribution in [0, 0.1) is 0 Å². The number of rotatable bonds is 5. The smallest absolute Gasteiger partial charge is 0.184 e. The molecule has 1 aliphatic heterocycles. The summed E-state index contributed by atoms with van der Waals surface area (Å²) in [4.78, 5) is 4.84. The first kappa shape index (κ1) is 18.6. The number of nitrogens with two attached hydrogens (primary N) is 1. The lowest BCUT2D eigenvalue weighted by molar-refractivity contribution is 0.250. The minimum atomic E-state index is 0.127. The van der Waals surface area contributed by atoms with Crippen LogP contribution < -0.4 is 16.1 Å². The van der Waals surface area contributed by atoms with Gasteiger partial charge in [0.15, 0.2) is 5.11 Å². The van der Waals surface area contributed by atoms with Crippen LogP contribution in [0.15, 0.2) is 53.6 Å². The topological polar surface area (TPSA) is 56.9 Å². The molecule has 0 aliphatic carbocycles. The van der Waals surface area contributed by atoms with Gasteiger partial charge in [-0.15, -0.1) is 0 Å². The largest absolute Gasteiger partial charge is 0.375 e. The molecule has 2 aromatic rings. The number of piperazine rings is 1. The van der Waals surface area contributed by atoms with Gasteiger partial charge in [0.25, 0.3) is 0 Å². The second kappa shape index (κ2) is 8.98. The van der Waals surface area contributed by atoms with Crippen LogP contribution in [0.5, 0.6) is 0 Å². The molecule has 0 radical (unpaired) electrons. The number of hydrogen-bond donors (Lipinski definition) is 2. The van der Waals surface area contributed by atoms with E-state index in [0.717, 1.165) is 44.0 Å². The van der Waals surface area contributed by atoms with Crippen molar-refractivity contribution in [2.75, 3.05) is 31.1 Å². The predicted octanol–water partition coefficient (Wildman–Crippen LogP) is 2.83. The summed E-state index contributed by atoms with van der Waals surface area (Å²) in [5, 5.41) is 4.73. The monoisotopic (exact) mass is 387 g/mol. The fourth-order valence-corrected chi connectivity index (χ4v) is 3.26. The van der Waals surface area contributed by atoms with Crippen LogP contribution in [0.4, 0.5) is 5.69 Å². The third kappa shape index (κ3) is 5.17. The highest BCUT2D eigenvalue weighted by molar-refractivity contribution is 7.80. The molecule has 1 heterocycles. The second-order valence-corrected chi connectivity index (χ2v) is 7.04. The summed E-state index contributed by atoms with van der Waals surface area (Å²) in [5.74, 6) is 0. The quantitative estimate of drug-likeness (QED) is 0.469. The first-order chi connectivity index (χ1) is 12.6. The van der Waals surface area contributed by atoms with E-state index in [0.29, 0.717) is 5.02 Å². The first-order valence-corrected chi connectivity index (χ1v) is 9.30. The molecule has 7 heteroatoms. The molecule has 0 unspecified atom stereocenters. The number of halogens is 1. The van der Waals surface area contributed by atoms with Crippen molar-refractivity contribution in [3.63, 3.8) is 0 Å². The van der Waals surface area contributed by atoms with Gasteiger partial charge >= 0.3 is 0 Å². The normalized spacial score (nSPS) is 15.3. The SMILES string of the molecule is NC(=S)NN=Cc1ccc(N2CCN(Cc3ccccc3)CC2)cc1Cl. The number of hydrazone groups is 1. The van der Waals surface area contributed by atoms with E-state index in [2.05, 4.69) is 56.7 Å². The van der Waals surface area contributed by atoms with Gasteiger partial charge < -0.3 is 10.6 Å². The van der Waals surface area contributed by atoms with E-state index in [1.165, 1.54) is 5.56 Å². The summed E-state index contributed by atoms with van der Waals surface area (Å²) in [6.45, 7) is 5.04. The van der Waals surface area contributed by atoms with Gasteiger partial charge in [-0.05, 0) is 36.0 Å². The lowest BCUT2D eigenvalue weighted by Crippen LogP contribution is -2.45. The number of anilines is 1. The van der Waals surface area contributed by atoms with Gasteiger partial charge in [-0.2, -0.15) is 5.10 Å². The summed E-state index contributed by atoms with van der Waals surface area (Å²) in [5.41, 5.74) is 11.2. The maximum absolute atomic E-state index is 6.38. The molecule has 0 amide bonds. The summed E-state index contributed by atoms with van der Waals surface area (Å²) in [6.07, 6.45) is 1.61. The Morgan fingerprint density at radius 2 is 1.88 bits per heavy atom. The average Bonchev–Trinajstić information content (AvgIpc) is 2.64. The summed E-state index contributed by atoms with van der Waals surface area (Å²) < 4.78 is 0. The summed E-state index contributed by atoms with van der Waals surface area (Å²) in [7, 11) is 0. The molecule has 3 rings (SSSR count). The van der Waals surface area contributed by atoms with E-state index >= 15 is 0 Å². The Kier molecular flexibility index (Phi) is 6.44. The van der Waals surface area contributed by atoms with E-state index in [1.807, 2.05) is 12.1 Å². The van der Waals surface area contributed by atoms with Crippen molar-refractivity contribution in [3.05, 3.63) is 64.7 Å². The van der Waals surface area contributed by atoms with Crippen LogP contribution in [0.1, 0.15) is 11.1 Å². The highest BCUT2D eigenvalue weighted by Gasteiger charge is 2.17. The lowest BCUT2D eigenvalue weighted by Gasteiger charge is -2.36. The minimum absolute atomic E-state index is 0.127. The molecule has 5 nitrogen and oxygen atoms in total. The van der Waals surface area contributed by atoms with Crippen molar-refractivity contribution in [3.8, 4) is 0 Å². The third-order valence-corrected chi connectivity index (χ3v) is 4.77. The molecular formula is C19H22ClN5S. The van der Waals surface area contributed by atoms with Crippen LogP contribution in [-0.4, -0.2) is 42.4 Å². The number of nitrogens with one attached hydrogen (secondary N) is 1. The van der Waals surface area contributed by atoms with Crippen LogP contribution in [0.3, 0.4) is 0 Å². The molecular weight excluding hydrogens is 366 g/mol. The van der Waals surface area contributed by atoms with Gasteiger partial charge in [-0.1, -0.05) is 41.9 Å². The van der Waals surface area contributed by atoms with Crippen molar-refractivity contribution in [2.45, 2.75) is 6.54 Å². The molecule has 0 spiro atoms. The van der Waals surface area contributed by atoms with Crippen molar-refractivity contribution in [2.24, 2.45) is 10.8 Å². The lowest BCUT2D eigenvalue weighted by atomic mass is 10.1. The van der Waals surface area contributed by atoms with Crippen LogP contribution in [-0.2, 0) is 6.54 Å². The molecule has 0 atom stereocenters. The zero-order valence-corrected chi connectivity index (χ0v) is 16.0. The highest BCUT2D eigenvalue weighted by Crippen LogP contribution is 2.24. The highest BCUT2D eigenvalue weighted by atomic mass is 35.5. The van der Waals surface area contributed by atoms with Crippen molar-refractivity contribution < 1.29 is 0 Å². The zero-order chi connectivity index (χ0) is 18.4. The average molecular weight is 388 g/mol. The Morgan fingerprint density at radius 1 is 1.15 bits per heavy atom. The summed E-state index contributed by atoms with van der Waals surface area (Å²) >= 11 is 11.1. The fourth-order valence-electron chi connectivity index (χ4n) is 2.99. The molecule has 0 aromatic heterocycles. The molecule has 1 fully saturated rings. The predicted molar refractivity (Wildman–Crippen MR) is 113 cm³/mol. The van der Waals surface area contributed by atoms with E-state index < -0.39 is 0 Å².